The van der Waals surface area contributed by atoms with Gasteiger partial charge < -0.3 is 14.4 Å². The maximum absolute atomic E-state index is 12.8. The first kappa shape index (κ1) is 19.9. The fourth-order valence-corrected chi connectivity index (χ4v) is 4.40. The van der Waals surface area contributed by atoms with Gasteiger partial charge in [-0.3, -0.25) is 4.79 Å². The summed E-state index contributed by atoms with van der Waals surface area (Å²) in [6.07, 6.45) is 1.94. The second-order valence-corrected chi connectivity index (χ2v) is 7.89. The second kappa shape index (κ2) is 9.38. The van der Waals surface area contributed by atoms with E-state index in [1.165, 1.54) is 5.56 Å². The summed E-state index contributed by atoms with van der Waals surface area (Å²) >= 11 is 7.55. The van der Waals surface area contributed by atoms with E-state index in [4.69, 9.17) is 21.1 Å². The van der Waals surface area contributed by atoms with Gasteiger partial charge in [0.05, 0.1) is 26.0 Å². The molecule has 144 valence electrons. The number of hydrogen-bond acceptors (Lipinski definition) is 4. The van der Waals surface area contributed by atoms with E-state index < -0.39 is 0 Å². The van der Waals surface area contributed by atoms with Gasteiger partial charge in [-0.05, 0) is 48.7 Å². The lowest BCUT2D eigenvalue weighted by atomic mass is 10.0. The fourth-order valence-electron chi connectivity index (χ4n) is 3.41. The Kier molecular flexibility index (Phi) is 6.91. The Morgan fingerprint density at radius 1 is 1.19 bits per heavy atom. The van der Waals surface area contributed by atoms with E-state index in [0.29, 0.717) is 5.75 Å². The monoisotopic (exact) mass is 405 g/mol. The molecule has 1 aliphatic heterocycles. The van der Waals surface area contributed by atoms with E-state index in [-0.39, 0.29) is 11.9 Å². The zero-order valence-electron chi connectivity index (χ0n) is 15.6. The third-order valence-electron chi connectivity index (χ3n) is 4.78. The van der Waals surface area contributed by atoms with Crippen molar-refractivity contribution in [2.75, 3.05) is 26.5 Å². The van der Waals surface area contributed by atoms with E-state index in [0.717, 1.165) is 47.2 Å². The van der Waals surface area contributed by atoms with Gasteiger partial charge in [-0.2, -0.15) is 0 Å². The minimum Gasteiger partial charge on any atom is -0.497 e. The number of carbonyl (C=O) groups is 1. The molecule has 27 heavy (non-hydrogen) atoms. The number of halogens is 1. The predicted octanol–water partition coefficient (Wildman–Crippen LogP) is 4.95. The van der Waals surface area contributed by atoms with Crippen LogP contribution in [0.4, 0.5) is 0 Å². The Morgan fingerprint density at radius 2 is 1.96 bits per heavy atom. The summed E-state index contributed by atoms with van der Waals surface area (Å²) in [5, 5.41) is 0.729. The average molecular weight is 406 g/mol. The lowest BCUT2D eigenvalue weighted by Gasteiger charge is -2.26. The van der Waals surface area contributed by atoms with Gasteiger partial charge in [0.1, 0.15) is 11.5 Å². The van der Waals surface area contributed by atoms with Crippen LogP contribution in [0.15, 0.2) is 42.5 Å². The number of methoxy groups -OCH3 is 2. The molecule has 1 aliphatic rings. The Bertz CT molecular complexity index is 781. The minimum atomic E-state index is 0.0404. The van der Waals surface area contributed by atoms with Gasteiger partial charge in [-0.1, -0.05) is 23.7 Å². The van der Waals surface area contributed by atoms with Crippen molar-refractivity contribution >= 4 is 29.3 Å². The Balaban J connectivity index is 1.65. The number of amides is 1. The van der Waals surface area contributed by atoms with Crippen LogP contribution in [0.3, 0.4) is 0 Å². The molecule has 3 rings (SSSR count). The Labute approximate surface area is 169 Å². The smallest absolute Gasteiger partial charge is 0.233 e. The van der Waals surface area contributed by atoms with Crippen LogP contribution in [0.25, 0.3) is 0 Å². The van der Waals surface area contributed by atoms with Crippen LogP contribution >= 0.6 is 23.4 Å². The maximum Gasteiger partial charge on any atom is 0.233 e. The van der Waals surface area contributed by atoms with E-state index in [2.05, 4.69) is 0 Å². The number of benzene rings is 2. The van der Waals surface area contributed by atoms with Gasteiger partial charge >= 0.3 is 0 Å². The Morgan fingerprint density at radius 3 is 2.67 bits per heavy atom. The molecule has 1 saturated heterocycles. The fraction of sp³-hybridized carbons (Fsp3) is 0.381. The van der Waals surface area contributed by atoms with Crippen LogP contribution < -0.4 is 9.47 Å². The molecule has 1 atom stereocenters. The lowest BCUT2D eigenvalue weighted by Crippen LogP contribution is -2.32. The van der Waals surface area contributed by atoms with Gasteiger partial charge in [0, 0.05) is 22.9 Å². The molecule has 0 saturated carbocycles. The summed E-state index contributed by atoms with van der Waals surface area (Å²) in [5.74, 6) is 3.01. The highest BCUT2D eigenvalue weighted by Gasteiger charge is 2.31. The Hall–Kier alpha value is -1.85. The summed E-state index contributed by atoms with van der Waals surface area (Å²) in [7, 11) is 3.31. The number of thioether (sulfide) groups is 1. The SMILES string of the molecule is COc1ccc(OC)c(C2CCCN2C(=O)CSCc2ccc(Cl)cc2)c1. The predicted molar refractivity (Wildman–Crippen MR) is 111 cm³/mol. The van der Waals surface area contributed by atoms with Gasteiger partial charge in [0.25, 0.3) is 0 Å². The molecule has 0 radical (unpaired) electrons. The summed E-state index contributed by atoms with van der Waals surface area (Å²) in [6, 6.07) is 13.6. The van der Waals surface area contributed by atoms with Crippen LogP contribution in [-0.4, -0.2) is 37.3 Å². The van der Waals surface area contributed by atoms with Gasteiger partial charge in [0.2, 0.25) is 5.91 Å². The third kappa shape index (κ3) is 4.90. The van der Waals surface area contributed by atoms with Crippen molar-refractivity contribution < 1.29 is 14.3 Å². The summed E-state index contributed by atoms with van der Waals surface area (Å²) in [6.45, 7) is 0.783. The number of hydrogen-bond donors (Lipinski definition) is 0. The molecule has 0 aliphatic carbocycles. The molecule has 1 fully saturated rings. The molecule has 1 heterocycles. The number of likely N-dealkylation sites (tertiary alicyclic amines) is 1. The standard InChI is InChI=1S/C21H24ClNO3S/c1-25-17-9-10-20(26-2)18(12-17)19-4-3-11-23(19)21(24)14-27-13-15-5-7-16(22)8-6-15/h5-10,12,19H,3-4,11,13-14H2,1-2H3. The van der Waals surface area contributed by atoms with Crippen LogP contribution in [0.2, 0.25) is 5.02 Å². The topological polar surface area (TPSA) is 38.8 Å². The van der Waals surface area contributed by atoms with Gasteiger partial charge in [0.15, 0.2) is 0 Å². The molecule has 2 aromatic carbocycles. The van der Waals surface area contributed by atoms with Gasteiger partial charge in [-0.15, -0.1) is 11.8 Å². The second-order valence-electron chi connectivity index (χ2n) is 6.47. The first-order valence-corrected chi connectivity index (χ1v) is 10.5. The molecule has 0 aromatic heterocycles. The molecule has 2 aromatic rings. The minimum absolute atomic E-state index is 0.0404. The first-order valence-electron chi connectivity index (χ1n) is 8.96. The van der Waals surface area contributed by atoms with Crippen molar-refractivity contribution in [1.29, 1.82) is 0 Å². The van der Waals surface area contributed by atoms with Crippen molar-refractivity contribution in [3.63, 3.8) is 0 Å². The number of nitrogens with zero attached hydrogens (tertiary/aromatic N) is 1. The molecule has 1 unspecified atom stereocenters. The van der Waals surface area contributed by atoms with Crippen molar-refractivity contribution in [2.45, 2.75) is 24.6 Å². The van der Waals surface area contributed by atoms with E-state index in [1.54, 1.807) is 26.0 Å². The van der Waals surface area contributed by atoms with Crippen LogP contribution in [0.1, 0.15) is 30.0 Å². The van der Waals surface area contributed by atoms with Gasteiger partial charge in [-0.25, -0.2) is 0 Å². The van der Waals surface area contributed by atoms with Crippen LogP contribution in [-0.2, 0) is 10.5 Å². The highest BCUT2D eigenvalue weighted by molar-refractivity contribution is 7.99. The highest BCUT2D eigenvalue weighted by Crippen LogP contribution is 2.39. The third-order valence-corrected chi connectivity index (χ3v) is 6.02. The zero-order chi connectivity index (χ0) is 19.2. The summed E-state index contributed by atoms with van der Waals surface area (Å²) in [4.78, 5) is 14.8. The molecule has 6 heteroatoms. The quantitative estimate of drug-likeness (QED) is 0.653. The van der Waals surface area contributed by atoms with Crippen molar-refractivity contribution in [3.05, 3.63) is 58.6 Å². The lowest BCUT2D eigenvalue weighted by molar-refractivity contribution is -0.129. The highest BCUT2D eigenvalue weighted by atomic mass is 35.5. The summed E-state index contributed by atoms with van der Waals surface area (Å²) in [5.41, 5.74) is 2.19. The number of ether oxygens (including phenoxy) is 2. The van der Waals surface area contributed by atoms with Crippen molar-refractivity contribution in [3.8, 4) is 11.5 Å². The van der Waals surface area contributed by atoms with E-state index in [1.807, 2.05) is 47.4 Å². The zero-order valence-corrected chi connectivity index (χ0v) is 17.2. The average Bonchev–Trinajstić information content (AvgIpc) is 3.18. The molecule has 1 amide bonds. The van der Waals surface area contributed by atoms with Crippen LogP contribution in [0, 0.1) is 0 Å². The molecule has 4 nitrogen and oxygen atoms in total. The van der Waals surface area contributed by atoms with Crippen molar-refractivity contribution in [2.24, 2.45) is 0 Å². The molecule has 0 N–H and O–H groups in total. The summed E-state index contributed by atoms with van der Waals surface area (Å²) < 4.78 is 10.9. The van der Waals surface area contributed by atoms with Crippen LogP contribution in [0.5, 0.6) is 11.5 Å². The molecular weight excluding hydrogens is 382 g/mol. The van der Waals surface area contributed by atoms with E-state index >= 15 is 0 Å². The normalized spacial score (nSPS) is 16.4. The van der Waals surface area contributed by atoms with E-state index in [9.17, 15) is 4.79 Å². The molecular formula is C21H24ClNO3S. The largest absolute Gasteiger partial charge is 0.497 e. The maximum atomic E-state index is 12.8. The van der Waals surface area contributed by atoms with Crippen molar-refractivity contribution in [1.82, 2.24) is 4.90 Å². The molecule has 0 bridgehead atoms. The number of rotatable bonds is 7. The first-order chi connectivity index (χ1) is 13.1. The number of carbonyl (C=O) groups excluding carboxylic acids is 1. The molecule has 0 spiro atoms.